The summed E-state index contributed by atoms with van der Waals surface area (Å²) in [5, 5.41) is 20.6. The third-order valence-corrected chi connectivity index (χ3v) is 5.12. The summed E-state index contributed by atoms with van der Waals surface area (Å²) in [4.78, 5) is 4.76. The molecular formula is C18H31BN2O3. The lowest BCUT2D eigenvalue weighted by atomic mass is 9.76. The molecule has 134 valence electrons. The molecule has 0 aliphatic carbocycles. The number of hydrogen-bond acceptors (Lipinski definition) is 5. The van der Waals surface area contributed by atoms with Crippen LogP contribution in [0.4, 0.5) is 0 Å². The SMILES string of the molecule is CN1CCN(Cc2cccc(B(O)OC(C)(C)C(C)(C)O)c2)CC1. The van der Waals surface area contributed by atoms with Crippen LogP contribution in [-0.4, -0.2) is 71.5 Å². The van der Waals surface area contributed by atoms with Gasteiger partial charge in [-0.05, 0) is 45.8 Å². The van der Waals surface area contributed by atoms with Crippen LogP contribution in [0.3, 0.4) is 0 Å². The van der Waals surface area contributed by atoms with Crippen LogP contribution in [-0.2, 0) is 11.2 Å². The molecule has 2 rings (SSSR count). The maximum Gasteiger partial charge on any atom is 0.491 e. The standard InChI is InChI=1S/C18H31BN2O3/c1-17(2,22)18(3,4)24-19(23)16-8-6-7-15(13-16)14-21-11-9-20(5)10-12-21/h6-8,13,22-23H,9-12,14H2,1-5H3. The van der Waals surface area contributed by atoms with Crippen molar-refractivity contribution in [1.29, 1.82) is 0 Å². The molecule has 0 saturated carbocycles. The molecule has 0 aromatic heterocycles. The first kappa shape index (κ1) is 19.4. The number of aliphatic hydroxyl groups is 1. The van der Waals surface area contributed by atoms with Crippen LogP contribution in [0.15, 0.2) is 24.3 Å². The van der Waals surface area contributed by atoms with E-state index in [2.05, 4.69) is 22.9 Å². The van der Waals surface area contributed by atoms with Crippen molar-refractivity contribution in [3.05, 3.63) is 29.8 Å². The lowest BCUT2D eigenvalue weighted by molar-refractivity contribution is -0.0982. The third kappa shape index (κ3) is 5.04. The molecule has 24 heavy (non-hydrogen) atoms. The van der Waals surface area contributed by atoms with Crippen molar-refractivity contribution in [2.75, 3.05) is 33.2 Å². The second-order valence-corrected chi connectivity index (χ2v) is 7.86. The van der Waals surface area contributed by atoms with Crippen LogP contribution in [0, 0.1) is 0 Å². The second kappa shape index (κ2) is 7.54. The van der Waals surface area contributed by atoms with Crippen molar-refractivity contribution in [3.8, 4) is 0 Å². The molecule has 1 aromatic carbocycles. The molecule has 0 amide bonds. The van der Waals surface area contributed by atoms with E-state index >= 15 is 0 Å². The highest BCUT2D eigenvalue weighted by Crippen LogP contribution is 2.25. The van der Waals surface area contributed by atoms with Gasteiger partial charge >= 0.3 is 7.12 Å². The fourth-order valence-corrected chi connectivity index (χ4v) is 2.60. The summed E-state index contributed by atoms with van der Waals surface area (Å²) in [5.41, 5.74) is -0.0228. The van der Waals surface area contributed by atoms with Gasteiger partial charge in [0.2, 0.25) is 0 Å². The van der Waals surface area contributed by atoms with Crippen molar-refractivity contribution in [2.45, 2.75) is 45.4 Å². The highest BCUT2D eigenvalue weighted by molar-refractivity contribution is 6.60. The monoisotopic (exact) mass is 334 g/mol. The molecule has 1 saturated heterocycles. The molecule has 1 heterocycles. The number of piperazine rings is 1. The van der Waals surface area contributed by atoms with Crippen molar-refractivity contribution < 1.29 is 14.8 Å². The van der Waals surface area contributed by atoms with Gasteiger partial charge in [0.15, 0.2) is 0 Å². The summed E-state index contributed by atoms with van der Waals surface area (Å²) in [6.07, 6.45) is 0. The number of hydrogen-bond donors (Lipinski definition) is 2. The molecule has 2 N–H and O–H groups in total. The Kier molecular flexibility index (Phi) is 6.10. The Bertz CT molecular complexity index is 537. The molecule has 0 unspecified atom stereocenters. The normalized spacial score (nSPS) is 18.0. The van der Waals surface area contributed by atoms with Gasteiger partial charge in [-0.1, -0.05) is 24.3 Å². The summed E-state index contributed by atoms with van der Waals surface area (Å²) in [6.45, 7) is 12.1. The molecule has 0 spiro atoms. The van der Waals surface area contributed by atoms with Gasteiger partial charge in [-0.3, -0.25) is 4.90 Å². The summed E-state index contributed by atoms with van der Waals surface area (Å²) in [6, 6.07) is 7.88. The highest BCUT2D eigenvalue weighted by Gasteiger charge is 2.39. The van der Waals surface area contributed by atoms with E-state index in [1.165, 1.54) is 5.56 Å². The molecule has 1 aliphatic rings. The number of nitrogens with zero attached hydrogens (tertiary/aromatic N) is 2. The zero-order chi connectivity index (χ0) is 18.0. The Morgan fingerprint density at radius 1 is 1.12 bits per heavy atom. The van der Waals surface area contributed by atoms with E-state index < -0.39 is 18.3 Å². The predicted molar refractivity (Wildman–Crippen MR) is 98.3 cm³/mol. The van der Waals surface area contributed by atoms with Crippen LogP contribution in [0.5, 0.6) is 0 Å². The Hall–Kier alpha value is -0.915. The number of likely N-dealkylation sites (N-methyl/N-ethyl adjacent to an activating group) is 1. The minimum absolute atomic E-state index is 0.721. The van der Waals surface area contributed by atoms with Crippen LogP contribution in [0.2, 0.25) is 0 Å². The van der Waals surface area contributed by atoms with E-state index in [0.717, 1.165) is 38.2 Å². The summed E-state index contributed by atoms with van der Waals surface area (Å²) >= 11 is 0. The van der Waals surface area contributed by atoms with E-state index in [-0.39, 0.29) is 0 Å². The largest absolute Gasteiger partial charge is 0.491 e. The van der Waals surface area contributed by atoms with Gasteiger partial charge in [-0.15, -0.1) is 0 Å². The van der Waals surface area contributed by atoms with E-state index in [1.807, 2.05) is 18.2 Å². The molecule has 1 aliphatic heterocycles. The smallest absolute Gasteiger partial charge is 0.423 e. The van der Waals surface area contributed by atoms with Gasteiger partial charge in [0.1, 0.15) is 0 Å². The average molecular weight is 334 g/mol. The van der Waals surface area contributed by atoms with Gasteiger partial charge in [0.25, 0.3) is 0 Å². The average Bonchev–Trinajstić information content (AvgIpc) is 2.48. The molecule has 5 nitrogen and oxygen atoms in total. The lowest BCUT2D eigenvalue weighted by Crippen LogP contribution is -2.53. The van der Waals surface area contributed by atoms with Crippen LogP contribution in [0.25, 0.3) is 0 Å². The molecule has 1 aromatic rings. The molecule has 0 atom stereocenters. The fourth-order valence-electron chi connectivity index (χ4n) is 2.60. The first-order valence-electron chi connectivity index (χ1n) is 8.66. The van der Waals surface area contributed by atoms with E-state index in [4.69, 9.17) is 4.65 Å². The van der Waals surface area contributed by atoms with Gasteiger partial charge in [-0.25, -0.2) is 0 Å². The summed E-state index contributed by atoms with van der Waals surface area (Å²) in [5.74, 6) is 0. The quantitative estimate of drug-likeness (QED) is 0.750. The fraction of sp³-hybridized carbons (Fsp3) is 0.667. The first-order chi connectivity index (χ1) is 11.1. The highest BCUT2D eigenvalue weighted by atomic mass is 16.5. The summed E-state index contributed by atoms with van der Waals surface area (Å²) < 4.78 is 5.73. The van der Waals surface area contributed by atoms with Crippen LogP contribution < -0.4 is 5.46 Å². The van der Waals surface area contributed by atoms with Crippen molar-refractivity contribution in [3.63, 3.8) is 0 Å². The first-order valence-corrected chi connectivity index (χ1v) is 8.66. The van der Waals surface area contributed by atoms with Crippen molar-refractivity contribution >= 4 is 12.6 Å². The maximum absolute atomic E-state index is 10.4. The Morgan fingerprint density at radius 2 is 1.75 bits per heavy atom. The minimum Gasteiger partial charge on any atom is -0.423 e. The molecular weight excluding hydrogens is 303 g/mol. The Labute approximate surface area is 146 Å². The van der Waals surface area contributed by atoms with Gasteiger partial charge < -0.3 is 19.7 Å². The zero-order valence-electron chi connectivity index (χ0n) is 15.6. The summed E-state index contributed by atoms with van der Waals surface area (Å²) in [7, 11) is 1.09. The van der Waals surface area contributed by atoms with Gasteiger partial charge in [0, 0.05) is 32.7 Å². The van der Waals surface area contributed by atoms with Gasteiger partial charge in [-0.2, -0.15) is 0 Å². The van der Waals surface area contributed by atoms with E-state index in [0.29, 0.717) is 0 Å². The predicted octanol–water partition coefficient (Wildman–Crippen LogP) is 0.688. The molecule has 1 fully saturated rings. The van der Waals surface area contributed by atoms with Crippen LogP contribution in [0.1, 0.15) is 33.3 Å². The third-order valence-electron chi connectivity index (χ3n) is 5.12. The van der Waals surface area contributed by atoms with Crippen molar-refractivity contribution in [2.24, 2.45) is 0 Å². The maximum atomic E-state index is 10.4. The Morgan fingerprint density at radius 3 is 2.33 bits per heavy atom. The molecule has 6 heteroatoms. The topological polar surface area (TPSA) is 56.2 Å². The second-order valence-electron chi connectivity index (χ2n) is 7.86. The Balaban J connectivity index is 2.01. The zero-order valence-corrected chi connectivity index (χ0v) is 15.6. The minimum atomic E-state index is -1.06. The van der Waals surface area contributed by atoms with E-state index in [9.17, 15) is 10.1 Å². The van der Waals surface area contributed by atoms with Crippen LogP contribution >= 0.6 is 0 Å². The lowest BCUT2D eigenvalue weighted by Gasteiger charge is -2.38. The number of rotatable bonds is 6. The van der Waals surface area contributed by atoms with Gasteiger partial charge in [0.05, 0.1) is 11.2 Å². The van der Waals surface area contributed by atoms with E-state index in [1.54, 1.807) is 27.7 Å². The molecule has 0 bridgehead atoms. The molecule has 0 radical (unpaired) electrons. The van der Waals surface area contributed by atoms with Crippen molar-refractivity contribution in [1.82, 2.24) is 9.80 Å². The number of benzene rings is 1.